The predicted molar refractivity (Wildman–Crippen MR) is 49.4 cm³/mol. The molecule has 1 saturated heterocycles. The Balaban J connectivity index is 2.22. The van der Waals surface area contributed by atoms with Crippen LogP contribution in [0.5, 0.6) is 0 Å². The second kappa shape index (κ2) is 3.53. The molecule has 0 unspecified atom stereocenters. The van der Waals surface area contributed by atoms with Gasteiger partial charge in [-0.05, 0) is 6.42 Å². The van der Waals surface area contributed by atoms with E-state index in [0.29, 0.717) is 0 Å². The molecule has 1 rings (SSSR count). The van der Waals surface area contributed by atoms with Gasteiger partial charge in [-0.2, -0.15) is 0 Å². The SMILES string of the molecule is C[N+]1(CCC[SiH3])CCCC1. The molecule has 1 aliphatic heterocycles. The Labute approximate surface area is 67.4 Å². The van der Waals surface area contributed by atoms with E-state index in [2.05, 4.69) is 7.05 Å². The Kier molecular flexibility index (Phi) is 2.92. The van der Waals surface area contributed by atoms with Gasteiger partial charge in [-0.15, -0.1) is 0 Å². The highest BCUT2D eigenvalue weighted by Crippen LogP contribution is 2.16. The molecule has 2 heteroatoms. The molecular formula is C8H20NSi+. The molecule has 1 heterocycles. The van der Waals surface area contributed by atoms with E-state index in [4.69, 9.17) is 0 Å². The van der Waals surface area contributed by atoms with Gasteiger partial charge in [0.25, 0.3) is 0 Å². The van der Waals surface area contributed by atoms with Crippen molar-refractivity contribution in [3.63, 3.8) is 0 Å². The van der Waals surface area contributed by atoms with Gasteiger partial charge in [0.1, 0.15) is 0 Å². The zero-order valence-corrected chi connectivity index (χ0v) is 9.40. The molecule has 60 valence electrons. The first-order chi connectivity index (χ1) is 4.77. The Morgan fingerprint density at radius 3 is 2.40 bits per heavy atom. The summed E-state index contributed by atoms with van der Waals surface area (Å²) in [5.41, 5.74) is 0. The minimum Gasteiger partial charge on any atom is -0.326 e. The Morgan fingerprint density at radius 1 is 1.30 bits per heavy atom. The number of likely N-dealkylation sites (tertiary alicyclic amines) is 1. The third kappa shape index (κ3) is 2.10. The molecule has 0 aliphatic carbocycles. The van der Waals surface area contributed by atoms with E-state index in [1.54, 1.807) is 0 Å². The summed E-state index contributed by atoms with van der Waals surface area (Å²) in [7, 11) is 3.82. The van der Waals surface area contributed by atoms with Crippen LogP contribution in [0.15, 0.2) is 0 Å². The third-order valence-electron chi connectivity index (χ3n) is 2.70. The van der Waals surface area contributed by atoms with Crippen molar-refractivity contribution in [1.82, 2.24) is 0 Å². The highest BCUT2D eigenvalue weighted by atomic mass is 28.1. The second-order valence-corrected chi connectivity index (χ2v) is 4.85. The average molecular weight is 158 g/mol. The molecule has 0 bridgehead atoms. The highest BCUT2D eigenvalue weighted by Gasteiger charge is 2.25. The summed E-state index contributed by atoms with van der Waals surface area (Å²) < 4.78 is 1.38. The number of rotatable bonds is 3. The number of hydrogen-bond acceptors (Lipinski definition) is 0. The van der Waals surface area contributed by atoms with E-state index < -0.39 is 0 Å². The lowest BCUT2D eigenvalue weighted by atomic mass is 10.4. The fourth-order valence-corrected chi connectivity index (χ4v) is 2.18. The van der Waals surface area contributed by atoms with Gasteiger partial charge in [0.05, 0.1) is 26.7 Å². The Hall–Kier alpha value is 0.177. The summed E-state index contributed by atoms with van der Waals surface area (Å²) in [5, 5.41) is 0. The molecular weight excluding hydrogens is 138 g/mol. The van der Waals surface area contributed by atoms with Gasteiger partial charge in [0.15, 0.2) is 0 Å². The summed E-state index contributed by atoms with van der Waals surface area (Å²) in [4.78, 5) is 0. The first-order valence-electron chi connectivity index (χ1n) is 4.60. The van der Waals surface area contributed by atoms with Crippen molar-refractivity contribution in [2.24, 2.45) is 0 Å². The van der Waals surface area contributed by atoms with Crippen LogP contribution in [0.3, 0.4) is 0 Å². The van der Waals surface area contributed by atoms with Crippen molar-refractivity contribution in [2.45, 2.75) is 25.3 Å². The van der Waals surface area contributed by atoms with Gasteiger partial charge in [-0.1, -0.05) is 6.04 Å². The van der Waals surface area contributed by atoms with E-state index in [1.165, 1.54) is 59.7 Å². The fraction of sp³-hybridized carbons (Fsp3) is 1.00. The van der Waals surface area contributed by atoms with Crippen molar-refractivity contribution in [3.05, 3.63) is 0 Å². The highest BCUT2D eigenvalue weighted by molar-refractivity contribution is 6.08. The van der Waals surface area contributed by atoms with Gasteiger partial charge in [0.2, 0.25) is 0 Å². The molecule has 0 amide bonds. The molecule has 0 N–H and O–H groups in total. The molecule has 1 aliphatic rings. The van der Waals surface area contributed by atoms with Crippen LogP contribution in [0.1, 0.15) is 19.3 Å². The first-order valence-corrected chi connectivity index (χ1v) is 6.02. The average Bonchev–Trinajstić information content (AvgIpc) is 2.33. The van der Waals surface area contributed by atoms with Crippen LogP contribution in [0.25, 0.3) is 0 Å². The maximum atomic E-state index is 2.42. The van der Waals surface area contributed by atoms with Gasteiger partial charge in [-0.25, -0.2) is 0 Å². The number of quaternary nitrogens is 1. The quantitative estimate of drug-likeness (QED) is 0.412. The summed E-state index contributed by atoms with van der Waals surface area (Å²) in [6.45, 7) is 4.34. The van der Waals surface area contributed by atoms with Crippen molar-refractivity contribution >= 4 is 10.2 Å². The molecule has 0 spiro atoms. The standard InChI is InChI=1S/C8H20NSi/c1-9(7-4-8-10)5-2-3-6-9/h2-8H2,1,10H3/q+1. The zero-order valence-electron chi connectivity index (χ0n) is 7.40. The summed E-state index contributed by atoms with van der Waals surface area (Å²) >= 11 is 0. The molecule has 0 saturated carbocycles. The largest absolute Gasteiger partial charge is 0.326 e. The third-order valence-corrected chi connectivity index (χ3v) is 3.40. The molecule has 10 heavy (non-hydrogen) atoms. The molecule has 0 aromatic rings. The van der Waals surface area contributed by atoms with Crippen molar-refractivity contribution in [2.75, 3.05) is 26.7 Å². The van der Waals surface area contributed by atoms with Crippen molar-refractivity contribution in [1.29, 1.82) is 0 Å². The topological polar surface area (TPSA) is 0 Å². The van der Waals surface area contributed by atoms with E-state index in [9.17, 15) is 0 Å². The monoisotopic (exact) mass is 158 g/mol. The lowest BCUT2D eigenvalue weighted by Gasteiger charge is -2.28. The van der Waals surface area contributed by atoms with Gasteiger partial charge in [0, 0.05) is 23.1 Å². The summed E-state index contributed by atoms with van der Waals surface area (Å²) in [6.07, 6.45) is 4.41. The normalized spacial score (nSPS) is 23.7. The minimum absolute atomic E-state index is 1.38. The number of hydrogen-bond donors (Lipinski definition) is 0. The first kappa shape index (κ1) is 8.28. The Bertz CT molecular complexity index is 97.4. The van der Waals surface area contributed by atoms with E-state index in [1.807, 2.05) is 0 Å². The van der Waals surface area contributed by atoms with Gasteiger partial charge < -0.3 is 4.48 Å². The molecule has 1 fully saturated rings. The lowest BCUT2D eigenvalue weighted by molar-refractivity contribution is -0.897. The van der Waals surface area contributed by atoms with Crippen LogP contribution >= 0.6 is 0 Å². The minimum atomic E-state index is 1.38. The van der Waals surface area contributed by atoms with Crippen LogP contribution in [-0.4, -0.2) is 41.4 Å². The van der Waals surface area contributed by atoms with Crippen LogP contribution in [-0.2, 0) is 0 Å². The molecule has 0 radical (unpaired) electrons. The zero-order chi connectivity index (χ0) is 7.45. The molecule has 0 atom stereocenters. The van der Waals surface area contributed by atoms with Crippen LogP contribution in [0.4, 0.5) is 0 Å². The van der Waals surface area contributed by atoms with E-state index in [-0.39, 0.29) is 0 Å². The number of nitrogens with zero attached hydrogens (tertiary/aromatic N) is 1. The van der Waals surface area contributed by atoms with Crippen LogP contribution < -0.4 is 0 Å². The van der Waals surface area contributed by atoms with Gasteiger partial charge >= 0.3 is 0 Å². The molecule has 0 aromatic carbocycles. The maximum absolute atomic E-state index is 2.42. The summed E-state index contributed by atoms with van der Waals surface area (Å²) in [5.74, 6) is 0. The van der Waals surface area contributed by atoms with Gasteiger partial charge in [-0.3, -0.25) is 0 Å². The lowest BCUT2D eigenvalue weighted by Crippen LogP contribution is -2.41. The van der Waals surface area contributed by atoms with Crippen molar-refractivity contribution in [3.8, 4) is 0 Å². The Morgan fingerprint density at radius 2 is 1.90 bits per heavy atom. The molecule has 1 nitrogen and oxygen atoms in total. The summed E-state index contributed by atoms with van der Waals surface area (Å²) in [6, 6.07) is 1.49. The fourth-order valence-electron chi connectivity index (χ4n) is 1.86. The van der Waals surface area contributed by atoms with Crippen LogP contribution in [0, 0.1) is 0 Å². The maximum Gasteiger partial charge on any atom is 0.0786 e. The van der Waals surface area contributed by atoms with E-state index in [0.717, 1.165) is 0 Å². The molecule has 0 aromatic heterocycles. The predicted octanol–water partition coefficient (Wildman–Crippen LogP) is 0.401. The van der Waals surface area contributed by atoms with Crippen molar-refractivity contribution < 1.29 is 4.48 Å². The van der Waals surface area contributed by atoms with E-state index >= 15 is 0 Å². The smallest absolute Gasteiger partial charge is 0.0786 e. The second-order valence-electron chi connectivity index (χ2n) is 3.85. The van der Waals surface area contributed by atoms with Crippen LogP contribution in [0.2, 0.25) is 6.04 Å².